The van der Waals surface area contributed by atoms with Gasteiger partial charge in [-0.1, -0.05) is 18.2 Å². The second kappa shape index (κ2) is 13.7. The number of aliphatic carboxylic acids is 2. The van der Waals surface area contributed by atoms with Gasteiger partial charge in [0.05, 0.1) is 19.1 Å². The minimum Gasteiger partial charge on any atom is -0.481 e. The third-order valence-electron chi connectivity index (χ3n) is 5.57. The number of carbonyl (C=O) groups is 6. The van der Waals surface area contributed by atoms with Crippen molar-refractivity contribution in [2.45, 2.75) is 49.9 Å². The Hall–Kier alpha value is -4.50. The van der Waals surface area contributed by atoms with Gasteiger partial charge < -0.3 is 47.7 Å². The van der Waals surface area contributed by atoms with Crippen LogP contribution in [0.5, 0.6) is 0 Å². The highest BCUT2D eigenvalue weighted by Crippen LogP contribution is 2.18. The first-order valence-electron chi connectivity index (χ1n) is 11.5. The fraction of sp³-hybridized carbons (Fsp3) is 0.391. The number of para-hydroxylation sites is 1. The number of nitrogens with one attached hydrogen (secondary N) is 4. The summed E-state index contributed by atoms with van der Waals surface area (Å²) in [6.45, 7) is -0.877. The zero-order chi connectivity index (χ0) is 28.4. The molecule has 0 spiro atoms. The zero-order valence-corrected chi connectivity index (χ0v) is 20.2. The van der Waals surface area contributed by atoms with Gasteiger partial charge in [0.25, 0.3) is 0 Å². The molecule has 4 amide bonds. The molecule has 0 fully saturated rings. The van der Waals surface area contributed by atoms with Crippen molar-refractivity contribution in [3.05, 3.63) is 36.0 Å². The van der Waals surface area contributed by atoms with E-state index in [1.165, 1.54) is 0 Å². The largest absolute Gasteiger partial charge is 0.481 e. The van der Waals surface area contributed by atoms with Gasteiger partial charge in [-0.05, 0) is 24.5 Å². The van der Waals surface area contributed by atoms with Crippen LogP contribution >= 0.6 is 0 Å². The van der Waals surface area contributed by atoms with Gasteiger partial charge in [-0.2, -0.15) is 0 Å². The van der Waals surface area contributed by atoms with E-state index in [2.05, 4.69) is 15.6 Å². The Morgan fingerprint density at radius 3 is 2.11 bits per heavy atom. The van der Waals surface area contributed by atoms with Gasteiger partial charge in [-0.15, -0.1) is 0 Å². The lowest BCUT2D eigenvalue weighted by atomic mass is 10.0. The smallest absolute Gasteiger partial charge is 0.326 e. The molecule has 0 saturated carbocycles. The number of carboxylic acids is 2. The van der Waals surface area contributed by atoms with E-state index in [4.69, 9.17) is 21.7 Å². The van der Waals surface area contributed by atoms with E-state index in [0.29, 0.717) is 0 Å². The predicted octanol–water partition coefficient (Wildman–Crippen LogP) is -2.69. The number of aliphatic hydroxyl groups excluding tert-OH is 1. The van der Waals surface area contributed by atoms with Crippen molar-refractivity contribution in [1.82, 2.24) is 20.9 Å². The van der Waals surface area contributed by atoms with Crippen LogP contribution in [0.4, 0.5) is 0 Å². The number of amides is 4. The molecule has 0 aliphatic carbocycles. The van der Waals surface area contributed by atoms with Crippen molar-refractivity contribution < 1.29 is 44.1 Å². The molecule has 38 heavy (non-hydrogen) atoms. The molecule has 0 radical (unpaired) electrons. The van der Waals surface area contributed by atoms with E-state index in [0.717, 1.165) is 16.5 Å². The number of H-pyrrole nitrogens is 1. The maximum atomic E-state index is 12.7. The number of aromatic nitrogens is 1. The summed E-state index contributed by atoms with van der Waals surface area (Å²) in [4.78, 5) is 74.4. The number of aliphatic hydroxyl groups is 1. The van der Waals surface area contributed by atoms with E-state index in [1.807, 2.05) is 29.6 Å². The molecule has 2 rings (SSSR count). The Labute approximate surface area is 215 Å². The molecule has 0 saturated heterocycles. The van der Waals surface area contributed by atoms with Crippen LogP contribution < -0.4 is 27.4 Å². The summed E-state index contributed by atoms with van der Waals surface area (Å²) in [6, 6.07) is 1.36. The van der Waals surface area contributed by atoms with Gasteiger partial charge >= 0.3 is 11.9 Å². The molecule has 206 valence electrons. The first-order chi connectivity index (χ1) is 17.9. The number of primary amides is 1. The lowest BCUT2D eigenvalue weighted by molar-refractivity contribution is -0.147. The van der Waals surface area contributed by atoms with Crippen LogP contribution in [0.1, 0.15) is 24.8 Å². The summed E-state index contributed by atoms with van der Waals surface area (Å²) >= 11 is 0. The van der Waals surface area contributed by atoms with E-state index in [-0.39, 0.29) is 19.3 Å². The van der Waals surface area contributed by atoms with Crippen molar-refractivity contribution in [2.24, 2.45) is 11.5 Å². The summed E-state index contributed by atoms with van der Waals surface area (Å²) in [7, 11) is 0. The molecule has 1 aromatic carbocycles. The molecule has 0 aliphatic heterocycles. The Bertz CT molecular complexity index is 1200. The number of nitrogens with two attached hydrogens (primary N) is 2. The molecule has 15 heteroatoms. The standard InChI is InChI=1S/C23H30N6O9/c24-13(7-11-9-26-14-4-2-1-3-12(11)14)20(34)29-17(10-30)22(36)27-15(5-6-18(25)31)21(35)28-16(23(37)38)8-19(32)33/h1-4,9,13,15-17,26,30H,5-8,10,24H2,(H2,25,31)(H,27,36)(H,28,35)(H,29,34)(H,32,33)(H,37,38). The van der Waals surface area contributed by atoms with Crippen LogP contribution in [-0.2, 0) is 35.2 Å². The third kappa shape index (κ3) is 8.56. The molecule has 4 atom stereocenters. The highest BCUT2D eigenvalue weighted by Gasteiger charge is 2.31. The minimum atomic E-state index is -1.82. The number of hydrogen-bond acceptors (Lipinski definition) is 8. The van der Waals surface area contributed by atoms with Gasteiger partial charge in [0.2, 0.25) is 23.6 Å². The third-order valence-corrected chi connectivity index (χ3v) is 5.57. The molecule has 0 aliphatic rings. The van der Waals surface area contributed by atoms with Crippen molar-refractivity contribution in [3.63, 3.8) is 0 Å². The van der Waals surface area contributed by atoms with Crippen LogP contribution in [0.25, 0.3) is 10.9 Å². The van der Waals surface area contributed by atoms with Crippen molar-refractivity contribution in [3.8, 4) is 0 Å². The van der Waals surface area contributed by atoms with Gasteiger partial charge in [0.15, 0.2) is 0 Å². The molecule has 1 heterocycles. The summed E-state index contributed by atoms with van der Waals surface area (Å²) in [5.41, 5.74) is 12.7. The number of carboxylic acid groups (broad SMARTS) is 2. The van der Waals surface area contributed by atoms with Crippen LogP contribution in [0.2, 0.25) is 0 Å². The Morgan fingerprint density at radius 2 is 1.50 bits per heavy atom. The normalized spacial score (nSPS) is 14.1. The molecular formula is C23H30N6O9. The lowest BCUT2D eigenvalue weighted by Crippen LogP contribution is -2.58. The SMILES string of the molecule is NC(=O)CCC(NC(=O)C(CO)NC(=O)C(N)Cc1c[nH]c2ccccc12)C(=O)NC(CC(=O)O)C(=O)O. The van der Waals surface area contributed by atoms with Crippen LogP contribution in [0.3, 0.4) is 0 Å². The summed E-state index contributed by atoms with van der Waals surface area (Å²) in [5, 5.41) is 35.0. The first kappa shape index (κ1) is 29.7. The first-order valence-corrected chi connectivity index (χ1v) is 11.5. The molecular weight excluding hydrogens is 504 g/mol. The fourth-order valence-corrected chi connectivity index (χ4v) is 3.58. The number of hydrogen-bond donors (Lipinski definition) is 9. The van der Waals surface area contributed by atoms with Gasteiger partial charge in [-0.25, -0.2) is 4.79 Å². The highest BCUT2D eigenvalue weighted by molar-refractivity contribution is 5.95. The molecule has 15 nitrogen and oxygen atoms in total. The second-order valence-corrected chi connectivity index (χ2v) is 8.48. The molecule has 0 bridgehead atoms. The lowest BCUT2D eigenvalue weighted by Gasteiger charge is -2.24. The number of fused-ring (bicyclic) bond motifs is 1. The van der Waals surface area contributed by atoms with Crippen molar-refractivity contribution in [2.75, 3.05) is 6.61 Å². The van der Waals surface area contributed by atoms with Crippen LogP contribution in [-0.4, -0.2) is 86.6 Å². The van der Waals surface area contributed by atoms with Gasteiger partial charge in [-0.3, -0.25) is 24.0 Å². The fourth-order valence-electron chi connectivity index (χ4n) is 3.58. The van der Waals surface area contributed by atoms with E-state index in [9.17, 15) is 33.9 Å². The molecule has 2 aromatic rings. The maximum absolute atomic E-state index is 12.7. The highest BCUT2D eigenvalue weighted by atomic mass is 16.4. The molecule has 1 aromatic heterocycles. The monoisotopic (exact) mass is 534 g/mol. The number of rotatable bonds is 15. The zero-order valence-electron chi connectivity index (χ0n) is 20.2. The van der Waals surface area contributed by atoms with Crippen LogP contribution in [0, 0.1) is 0 Å². The predicted molar refractivity (Wildman–Crippen MR) is 131 cm³/mol. The number of benzene rings is 1. The van der Waals surface area contributed by atoms with E-state index < -0.39 is 72.8 Å². The average molecular weight is 535 g/mol. The quantitative estimate of drug-likeness (QED) is 0.114. The minimum absolute atomic E-state index is 0.111. The van der Waals surface area contributed by atoms with Crippen molar-refractivity contribution in [1.29, 1.82) is 0 Å². The molecule has 11 N–H and O–H groups in total. The maximum Gasteiger partial charge on any atom is 0.326 e. The second-order valence-electron chi connectivity index (χ2n) is 8.48. The summed E-state index contributed by atoms with van der Waals surface area (Å²) in [6.07, 6.45) is 0.116. The summed E-state index contributed by atoms with van der Waals surface area (Å²) < 4.78 is 0. The van der Waals surface area contributed by atoms with E-state index in [1.54, 1.807) is 6.20 Å². The Balaban J connectivity index is 2.07. The van der Waals surface area contributed by atoms with Crippen LogP contribution in [0.15, 0.2) is 30.5 Å². The Morgan fingerprint density at radius 1 is 0.895 bits per heavy atom. The Kier molecular flexibility index (Phi) is 10.7. The van der Waals surface area contributed by atoms with Gasteiger partial charge in [0.1, 0.15) is 18.1 Å². The number of aromatic amines is 1. The van der Waals surface area contributed by atoms with E-state index >= 15 is 0 Å². The average Bonchev–Trinajstić information content (AvgIpc) is 3.26. The number of carbonyl (C=O) groups excluding carboxylic acids is 4. The molecule has 4 unspecified atom stereocenters. The topological polar surface area (TPSA) is 267 Å². The van der Waals surface area contributed by atoms with Crippen molar-refractivity contribution >= 4 is 46.5 Å². The van der Waals surface area contributed by atoms with Gasteiger partial charge in [0, 0.05) is 23.5 Å². The summed E-state index contributed by atoms with van der Waals surface area (Å²) in [5.74, 6) is -6.86.